The van der Waals surface area contributed by atoms with Gasteiger partial charge in [-0.3, -0.25) is 4.79 Å². The number of nitrogens with zero attached hydrogens (tertiary/aromatic N) is 5. The molecule has 0 saturated carbocycles. The predicted molar refractivity (Wildman–Crippen MR) is 125 cm³/mol. The Morgan fingerprint density at radius 3 is 2.78 bits per heavy atom. The Bertz CT molecular complexity index is 1350. The van der Waals surface area contributed by atoms with Crippen LogP contribution < -0.4 is 10.5 Å². The second-order valence-corrected chi connectivity index (χ2v) is 9.84. The molecule has 0 spiro atoms. The standard InChI is InChI=1S/C23H20ClF4N5O2S/c24-20-17(10-31-33(22(20)34)19-3-1-2-8-35-19)32-7-6-14-16(11-32)29-12-30-21(14)36-18-5-4-13(25)9-15(18)23(26,27)28/h4-5,9-10,12,19H,1-3,6-8,11H2. The molecule has 0 amide bonds. The van der Waals surface area contributed by atoms with Gasteiger partial charge in [0.1, 0.15) is 22.2 Å². The van der Waals surface area contributed by atoms with E-state index in [0.29, 0.717) is 54.0 Å². The average Bonchev–Trinajstić information content (AvgIpc) is 2.86. The van der Waals surface area contributed by atoms with Gasteiger partial charge in [0.15, 0.2) is 6.23 Å². The first-order chi connectivity index (χ1) is 17.2. The van der Waals surface area contributed by atoms with Gasteiger partial charge in [0.05, 0.1) is 29.7 Å². The summed E-state index contributed by atoms with van der Waals surface area (Å²) in [5.41, 5.74) is 0.249. The van der Waals surface area contributed by atoms with E-state index < -0.39 is 29.3 Å². The van der Waals surface area contributed by atoms with Crippen LogP contribution in [-0.4, -0.2) is 32.9 Å². The molecule has 0 radical (unpaired) electrons. The summed E-state index contributed by atoms with van der Waals surface area (Å²) in [5, 5.41) is 4.67. The van der Waals surface area contributed by atoms with E-state index in [1.54, 1.807) is 0 Å². The zero-order valence-corrected chi connectivity index (χ0v) is 20.3. The van der Waals surface area contributed by atoms with Gasteiger partial charge in [-0.1, -0.05) is 23.4 Å². The van der Waals surface area contributed by atoms with Crippen LogP contribution in [0.2, 0.25) is 5.02 Å². The lowest BCUT2D eigenvalue weighted by atomic mass is 10.1. The molecule has 5 rings (SSSR count). The fourth-order valence-corrected chi connectivity index (χ4v) is 5.64. The summed E-state index contributed by atoms with van der Waals surface area (Å²) in [4.78, 5) is 23.1. The van der Waals surface area contributed by atoms with Crippen LogP contribution >= 0.6 is 23.4 Å². The van der Waals surface area contributed by atoms with E-state index in [2.05, 4.69) is 15.1 Å². The molecule has 36 heavy (non-hydrogen) atoms. The number of rotatable bonds is 4. The minimum absolute atomic E-state index is 0.0207. The first-order valence-electron chi connectivity index (χ1n) is 11.2. The number of hydrogen-bond acceptors (Lipinski definition) is 7. The Hall–Kier alpha value is -2.70. The number of anilines is 1. The largest absolute Gasteiger partial charge is 0.417 e. The van der Waals surface area contributed by atoms with Crippen LogP contribution in [-0.2, 0) is 23.9 Å². The molecule has 3 aromatic rings. The fourth-order valence-electron chi connectivity index (χ4n) is 4.31. The lowest BCUT2D eigenvalue weighted by molar-refractivity contribution is -0.139. The summed E-state index contributed by atoms with van der Waals surface area (Å²) in [6.07, 6.45) is 0.612. The summed E-state index contributed by atoms with van der Waals surface area (Å²) in [6.45, 7) is 1.25. The molecule has 4 heterocycles. The lowest BCUT2D eigenvalue weighted by Gasteiger charge is -2.31. The lowest BCUT2D eigenvalue weighted by Crippen LogP contribution is -2.36. The molecule has 2 aliphatic heterocycles. The monoisotopic (exact) mass is 541 g/mol. The maximum Gasteiger partial charge on any atom is 0.417 e. The third kappa shape index (κ3) is 4.94. The van der Waals surface area contributed by atoms with Gasteiger partial charge < -0.3 is 9.64 Å². The Balaban J connectivity index is 1.40. The molecule has 1 saturated heterocycles. The Kier molecular flexibility index (Phi) is 6.92. The van der Waals surface area contributed by atoms with Crippen LogP contribution in [0.25, 0.3) is 0 Å². The zero-order valence-electron chi connectivity index (χ0n) is 18.8. The molecule has 1 atom stereocenters. The minimum atomic E-state index is -4.71. The second kappa shape index (κ2) is 9.98. The van der Waals surface area contributed by atoms with E-state index >= 15 is 0 Å². The van der Waals surface area contributed by atoms with Crippen LogP contribution in [0, 0.1) is 5.82 Å². The van der Waals surface area contributed by atoms with E-state index in [1.807, 2.05) is 4.90 Å². The highest BCUT2D eigenvalue weighted by Gasteiger charge is 2.35. The number of hydrogen-bond donors (Lipinski definition) is 0. The van der Waals surface area contributed by atoms with E-state index in [4.69, 9.17) is 16.3 Å². The Morgan fingerprint density at radius 2 is 2.03 bits per heavy atom. The number of fused-ring (bicyclic) bond motifs is 1. The molecule has 13 heteroatoms. The highest BCUT2D eigenvalue weighted by molar-refractivity contribution is 7.99. The van der Waals surface area contributed by atoms with Crippen molar-refractivity contribution < 1.29 is 22.3 Å². The Morgan fingerprint density at radius 1 is 1.19 bits per heavy atom. The SMILES string of the molecule is O=c1c(Cl)c(N2CCc3c(ncnc3Sc3ccc(F)cc3C(F)(F)F)C2)cnn1C1CCCCO1. The van der Waals surface area contributed by atoms with Crippen molar-refractivity contribution in [2.24, 2.45) is 0 Å². The van der Waals surface area contributed by atoms with Gasteiger partial charge in [-0.15, -0.1) is 0 Å². The van der Waals surface area contributed by atoms with Crippen LogP contribution in [0.4, 0.5) is 23.2 Å². The van der Waals surface area contributed by atoms with Crippen molar-refractivity contribution in [2.75, 3.05) is 18.1 Å². The normalized spacial score (nSPS) is 18.2. The van der Waals surface area contributed by atoms with E-state index in [-0.39, 0.29) is 16.5 Å². The molecule has 190 valence electrons. The van der Waals surface area contributed by atoms with Crippen molar-refractivity contribution in [1.29, 1.82) is 0 Å². The van der Waals surface area contributed by atoms with Gasteiger partial charge in [-0.05, 0) is 43.9 Å². The third-order valence-electron chi connectivity index (χ3n) is 6.12. The fraction of sp³-hybridized carbons (Fsp3) is 0.391. The first-order valence-corrected chi connectivity index (χ1v) is 12.4. The first kappa shape index (κ1) is 25.0. The third-order valence-corrected chi connectivity index (χ3v) is 7.59. The van der Waals surface area contributed by atoms with Crippen molar-refractivity contribution in [2.45, 2.75) is 54.6 Å². The average molecular weight is 542 g/mol. The zero-order chi connectivity index (χ0) is 25.4. The summed E-state index contributed by atoms with van der Waals surface area (Å²) < 4.78 is 60.8. The van der Waals surface area contributed by atoms with Crippen molar-refractivity contribution in [3.8, 4) is 0 Å². The number of halogens is 5. The topological polar surface area (TPSA) is 73.1 Å². The van der Waals surface area contributed by atoms with Gasteiger partial charge >= 0.3 is 6.18 Å². The van der Waals surface area contributed by atoms with Crippen molar-refractivity contribution in [1.82, 2.24) is 19.7 Å². The molecular weight excluding hydrogens is 522 g/mol. The highest BCUT2D eigenvalue weighted by Crippen LogP contribution is 2.41. The van der Waals surface area contributed by atoms with E-state index in [0.717, 1.165) is 36.7 Å². The summed E-state index contributed by atoms with van der Waals surface area (Å²) in [6, 6.07) is 2.57. The predicted octanol–water partition coefficient (Wildman–Crippen LogP) is 5.26. The number of aromatic nitrogens is 4. The molecule has 2 aliphatic rings. The molecule has 1 aromatic carbocycles. The van der Waals surface area contributed by atoms with Crippen LogP contribution in [0.3, 0.4) is 0 Å². The summed E-state index contributed by atoms with van der Waals surface area (Å²) >= 11 is 7.27. The number of benzene rings is 1. The highest BCUT2D eigenvalue weighted by atomic mass is 35.5. The molecule has 1 fully saturated rings. The number of ether oxygens (including phenoxy) is 1. The van der Waals surface area contributed by atoms with Crippen molar-refractivity contribution in [3.05, 3.63) is 68.7 Å². The molecule has 0 N–H and O–H groups in total. The van der Waals surface area contributed by atoms with Crippen LogP contribution in [0.15, 0.2) is 45.4 Å². The molecule has 2 aromatic heterocycles. The van der Waals surface area contributed by atoms with E-state index in [9.17, 15) is 22.4 Å². The molecular formula is C23H20ClF4N5O2S. The quantitative estimate of drug-likeness (QED) is 0.329. The van der Waals surface area contributed by atoms with Crippen molar-refractivity contribution >= 4 is 29.1 Å². The second-order valence-electron chi connectivity index (χ2n) is 8.43. The molecule has 0 bridgehead atoms. The van der Waals surface area contributed by atoms with Gasteiger partial charge in [0.25, 0.3) is 5.56 Å². The van der Waals surface area contributed by atoms with Gasteiger partial charge in [0.2, 0.25) is 0 Å². The van der Waals surface area contributed by atoms with E-state index in [1.165, 1.54) is 17.2 Å². The number of alkyl halides is 3. The summed E-state index contributed by atoms with van der Waals surface area (Å²) in [5.74, 6) is -0.963. The van der Waals surface area contributed by atoms with Crippen LogP contribution in [0.5, 0.6) is 0 Å². The maximum atomic E-state index is 13.5. The summed E-state index contributed by atoms with van der Waals surface area (Å²) in [7, 11) is 0. The van der Waals surface area contributed by atoms with Crippen molar-refractivity contribution in [3.63, 3.8) is 0 Å². The van der Waals surface area contributed by atoms with Crippen LogP contribution in [0.1, 0.15) is 42.3 Å². The molecule has 0 aliphatic carbocycles. The van der Waals surface area contributed by atoms with Gasteiger partial charge in [-0.2, -0.15) is 23.0 Å². The van der Waals surface area contributed by atoms with Gasteiger partial charge in [-0.25, -0.2) is 14.4 Å². The molecule has 7 nitrogen and oxygen atoms in total. The Labute approximate surface area is 212 Å². The minimum Gasteiger partial charge on any atom is -0.363 e. The maximum absolute atomic E-state index is 13.5. The van der Waals surface area contributed by atoms with Gasteiger partial charge in [0, 0.05) is 23.6 Å². The molecule has 1 unspecified atom stereocenters. The smallest absolute Gasteiger partial charge is 0.363 e.